The van der Waals surface area contributed by atoms with Crippen LogP contribution < -0.4 is 4.90 Å². The largest absolute Gasteiger partial charge is 0.269 e. The smallest absolute Gasteiger partial charge is 0.258 e. The van der Waals surface area contributed by atoms with Crippen molar-refractivity contribution in [1.29, 1.82) is 0 Å². The number of carbonyl (C=O) groups is 2. The molecule has 3 nitrogen and oxygen atoms in total. The van der Waals surface area contributed by atoms with Crippen LogP contribution in [0.1, 0.15) is 41.7 Å². The van der Waals surface area contributed by atoms with Gasteiger partial charge >= 0.3 is 0 Å². The average molecular weight is 369 g/mol. The molecule has 0 spiro atoms. The number of hydrogen-bond donors (Lipinski definition) is 0. The molecule has 19 heavy (non-hydrogen) atoms. The van der Waals surface area contributed by atoms with E-state index in [1.165, 1.54) is 17.1 Å². The van der Waals surface area contributed by atoms with E-state index >= 15 is 0 Å². The van der Waals surface area contributed by atoms with Crippen LogP contribution in [0, 0.1) is 0 Å². The van der Waals surface area contributed by atoms with Crippen LogP contribution in [-0.2, 0) is 9.59 Å². The van der Waals surface area contributed by atoms with Gasteiger partial charge in [0, 0.05) is 16.1 Å². The van der Waals surface area contributed by atoms with E-state index in [1.807, 2.05) is 12.1 Å². The van der Waals surface area contributed by atoms with E-state index < -0.39 is 0 Å². The van der Waals surface area contributed by atoms with Gasteiger partial charge in [-0.2, -0.15) is 0 Å². The zero-order valence-corrected chi connectivity index (χ0v) is 13.3. The first-order valence-corrected chi connectivity index (χ1v) is 7.50. The van der Waals surface area contributed by atoms with Crippen molar-refractivity contribution >= 4 is 40.1 Å². The quantitative estimate of drug-likeness (QED) is 0.463. The Kier molecular flexibility index (Phi) is 4.08. The summed E-state index contributed by atoms with van der Waals surface area (Å²) in [5.41, 5.74) is 2.95. The number of rotatable bonds is 3. The summed E-state index contributed by atoms with van der Waals surface area (Å²) < 4.78 is 0.329. The van der Waals surface area contributed by atoms with Crippen molar-refractivity contribution in [2.75, 3.05) is 4.90 Å². The number of carbonyl (C=O) groups excluding carboxylic acids is 2. The second kappa shape index (κ2) is 5.45. The summed E-state index contributed by atoms with van der Waals surface area (Å²) >= 11 is 2.33. The van der Waals surface area contributed by atoms with E-state index in [2.05, 4.69) is 49.4 Å². The summed E-state index contributed by atoms with van der Waals surface area (Å²) in [6.07, 6.45) is 2.63. The van der Waals surface area contributed by atoms with Crippen molar-refractivity contribution in [2.24, 2.45) is 0 Å². The number of anilines is 1. The molecule has 0 fully saturated rings. The fraction of sp³-hybridized carbons (Fsp3) is 0.333. The van der Waals surface area contributed by atoms with E-state index in [-0.39, 0.29) is 11.8 Å². The molecule has 0 bridgehead atoms. The third-order valence-corrected chi connectivity index (χ3v) is 3.88. The molecule has 4 heteroatoms. The Bertz CT molecular complexity index is 517. The third kappa shape index (κ3) is 2.88. The highest BCUT2D eigenvalue weighted by atomic mass is 127. The van der Waals surface area contributed by atoms with Gasteiger partial charge in [0.25, 0.3) is 11.8 Å². The molecule has 2 rings (SSSR count). The maximum atomic E-state index is 11.8. The number of imide groups is 1. The summed E-state index contributed by atoms with van der Waals surface area (Å²) in [6.45, 7) is 6.30. The van der Waals surface area contributed by atoms with Gasteiger partial charge in [-0.25, -0.2) is 4.90 Å². The first kappa shape index (κ1) is 14.2. The lowest BCUT2D eigenvalue weighted by Gasteiger charge is -2.19. The first-order chi connectivity index (χ1) is 8.90. The van der Waals surface area contributed by atoms with Crippen LogP contribution in [0.4, 0.5) is 5.69 Å². The van der Waals surface area contributed by atoms with Crippen molar-refractivity contribution in [3.8, 4) is 0 Å². The van der Waals surface area contributed by atoms with Gasteiger partial charge in [-0.05, 0) is 36.1 Å². The molecule has 1 aliphatic heterocycles. The van der Waals surface area contributed by atoms with Gasteiger partial charge in [-0.1, -0.05) is 42.5 Å². The number of alkyl halides is 1. The van der Waals surface area contributed by atoms with Crippen LogP contribution in [0.2, 0.25) is 0 Å². The summed E-state index contributed by atoms with van der Waals surface area (Å²) in [6, 6.07) is 5.99. The standard InChI is InChI=1S/C15H16INO2/c1-9(2)11-6-12(10(3)16)8-13(7-11)17-14(18)4-5-15(17)19/h4-10H,1-3H3. The van der Waals surface area contributed by atoms with Crippen molar-refractivity contribution in [1.82, 2.24) is 0 Å². The first-order valence-electron chi connectivity index (χ1n) is 6.25. The molecule has 0 saturated heterocycles. The average Bonchev–Trinajstić information content (AvgIpc) is 2.68. The molecule has 1 aromatic carbocycles. The number of nitrogens with zero attached hydrogens (tertiary/aromatic N) is 1. The molecule has 1 heterocycles. The van der Waals surface area contributed by atoms with Crippen LogP contribution >= 0.6 is 22.6 Å². The van der Waals surface area contributed by atoms with Crippen molar-refractivity contribution in [3.63, 3.8) is 0 Å². The third-order valence-electron chi connectivity index (χ3n) is 3.16. The van der Waals surface area contributed by atoms with Gasteiger partial charge in [0.2, 0.25) is 0 Å². The SMILES string of the molecule is CC(C)c1cc(C(C)I)cc(N2C(=O)C=CC2=O)c1. The van der Waals surface area contributed by atoms with Gasteiger partial charge in [-0.15, -0.1) is 0 Å². The predicted octanol–water partition coefficient (Wildman–Crippen LogP) is 3.74. The molecule has 2 amide bonds. The highest BCUT2D eigenvalue weighted by Crippen LogP contribution is 2.31. The van der Waals surface area contributed by atoms with Crippen LogP contribution in [0.15, 0.2) is 30.4 Å². The lowest BCUT2D eigenvalue weighted by molar-refractivity contribution is -0.119. The van der Waals surface area contributed by atoms with Gasteiger partial charge in [-0.3, -0.25) is 9.59 Å². The minimum Gasteiger partial charge on any atom is -0.269 e. The van der Waals surface area contributed by atoms with Crippen molar-refractivity contribution in [3.05, 3.63) is 41.5 Å². The second-order valence-electron chi connectivity index (χ2n) is 4.97. The number of halogens is 1. The fourth-order valence-corrected chi connectivity index (χ4v) is 2.37. The van der Waals surface area contributed by atoms with Gasteiger partial charge < -0.3 is 0 Å². The van der Waals surface area contributed by atoms with Crippen LogP contribution in [-0.4, -0.2) is 11.8 Å². The zero-order chi connectivity index (χ0) is 14.2. The van der Waals surface area contributed by atoms with Crippen molar-refractivity contribution < 1.29 is 9.59 Å². The van der Waals surface area contributed by atoms with Crippen LogP contribution in [0.25, 0.3) is 0 Å². The van der Waals surface area contributed by atoms with Crippen LogP contribution in [0.5, 0.6) is 0 Å². The maximum absolute atomic E-state index is 11.8. The lowest BCUT2D eigenvalue weighted by Crippen LogP contribution is -2.29. The molecule has 1 aliphatic rings. The Morgan fingerprint density at radius 3 is 1.95 bits per heavy atom. The Labute approximate surface area is 126 Å². The molecule has 0 saturated carbocycles. The Balaban J connectivity index is 2.51. The van der Waals surface area contributed by atoms with Crippen LogP contribution in [0.3, 0.4) is 0 Å². The number of benzene rings is 1. The molecule has 1 aromatic rings. The van der Waals surface area contributed by atoms with Crippen molar-refractivity contribution in [2.45, 2.75) is 30.6 Å². The van der Waals surface area contributed by atoms with Gasteiger partial charge in [0.05, 0.1) is 5.69 Å². The summed E-state index contributed by atoms with van der Waals surface area (Å²) in [7, 11) is 0. The molecule has 0 N–H and O–H groups in total. The number of hydrogen-bond acceptors (Lipinski definition) is 2. The fourth-order valence-electron chi connectivity index (χ4n) is 2.01. The molecule has 1 atom stereocenters. The molecule has 0 aromatic heterocycles. The van der Waals surface area contributed by atoms with Gasteiger partial charge in [0.15, 0.2) is 0 Å². The molecular formula is C15H16INO2. The molecule has 100 valence electrons. The Morgan fingerprint density at radius 1 is 0.947 bits per heavy atom. The maximum Gasteiger partial charge on any atom is 0.258 e. The minimum absolute atomic E-state index is 0.266. The molecule has 0 aliphatic carbocycles. The van der Waals surface area contributed by atoms with E-state index in [1.54, 1.807) is 0 Å². The monoisotopic (exact) mass is 369 g/mol. The minimum atomic E-state index is -0.266. The highest BCUT2D eigenvalue weighted by molar-refractivity contribution is 14.1. The summed E-state index contributed by atoms with van der Waals surface area (Å²) in [5.74, 6) is -0.175. The van der Waals surface area contributed by atoms with Gasteiger partial charge in [0.1, 0.15) is 0 Å². The van der Waals surface area contributed by atoms with E-state index in [9.17, 15) is 9.59 Å². The molecular weight excluding hydrogens is 353 g/mol. The number of amides is 2. The Morgan fingerprint density at radius 2 is 1.47 bits per heavy atom. The predicted molar refractivity (Wildman–Crippen MR) is 84.6 cm³/mol. The van der Waals surface area contributed by atoms with E-state index in [0.29, 0.717) is 15.5 Å². The molecule has 1 unspecified atom stereocenters. The van der Waals surface area contributed by atoms with E-state index in [0.717, 1.165) is 11.1 Å². The topological polar surface area (TPSA) is 37.4 Å². The highest BCUT2D eigenvalue weighted by Gasteiger charge is 2.26. The summed E-state index contributed by atoms with van der Waals surface area (Å²) in [5, 5.41) is 0. The normalized spacial score (nSPS) is 16.6. The van der Waals surface area contributed by atoms with E-state index in [4.69, 9.17) is 0 Å². The lowest BCUT2D eigenvalue weighted by atomic mass is 9.98. The zero-order valence-electron chi connectivity index (χ0n) is 11.2. The second-order valence-corrected chi connectivity index (χ2v) is 6.84. The molecule has 0 radical (unpaired) electrons. The summed E-state index contributed by atoms with van der Waals surface area (Å²) in [4.78, 5) is 24.8. The Hall–Kier alpha value is -1.17.